The Hall–Kier alpha value is -1.72. The largest absolute Gasteiger partial charge is 0.459 e. The van der Waals surface area contributed by atoms with Crippen molar-refractivity contribution in [2.75, 3.05) is 13.2 Å². The minimum atomic E-state index is -3.70. The van der Waals surface area contributed by atoms with Crippen LogP contribution >= 0.6 is 19.8 Å². The Morgan fingerprint density at radius 2 is 1.58 bits per heavy atom. The zero-order valence-corrected chi connectivity index (χ0v) is 16.5. The Bertz CT molecular complexity index is 792. The molecule has 1 aliphatic rings. The van der Waals surface area contributed by atoms with Gasteiger partial charge < -0.3 is 19.1 Å². The Kier molecular flexibility index (Phi) is 5.78. The molecule has 0 spiro atoms. The van der Waals surface area contributed by atoms with E-state index in [4.69, 9.17) is 26.0 Å². The molecule has 2 aromatic rings. The fraction of sp³-hybridized carbons (Fsp3) is 0.316. The van der Waals surface area contributed by atoms with E-state index in [1.54, 1.807) is 13.8 Å². The van der Waals surface area contributed by atoms with E-state index in [1.165, 1.54) is 0 Å². The molecule has 0 saturated carbocycles. The minimum Gasteiger partial charge on any atom is -0.459 e. The van der Waals surface area contributed by atoms with E-state index in [9.17, 15) is 4.57 Å². The van der Waals surface area contributed by atoms with Crippen LogP contribution in [-0.4, -0.2) is 18.4 Å². The summed E-state index contributed by atoms with van der Waals surface area (Å²) in [7, 11) is -3.70. The molecule has 2 aromatic carbocycles. The highest BCUT2D eigenvalue weighted by molar-refractivity contribution is 7.80. The summed E-state index contributed by atoms with van der Waals surface area (Å²) < 4.78 is 31.5. The number of rotatable bonds is 7. The van der Waals surface area contributed by atoms with Gasteiger partial charge in [0.25, 0.3) is 5.17 Å². The molecule has 0 bridgehead atoms. The fourth-order valence-electron chi connectivity index (χ4n) is 3.25. The molecule has 0 radical (unpaired) electrons. The van der Waals surface area contributed by atoms with Crippen molar-refractivity contribution >= 4 is 25.0 Å². The van der Waals surface area contributed by atoms with Crippen LogP contribution < -0.4 is 5.32 Å². The van der Waals surface area contributed by atoms with Gasteiger partial charge in [0.05, 0.1) is 13.2 Å². The van der Waals surface area contributed by atoms with Gasteiger partial charge in [0.1, 0.15) is 0 Å². The van der Waals surface area contributed by atoms with Gasteiger partial charge in [0, 0.05) is 0 Å². The lowest BCUT2D eigenvalue weighted by Gasteiger charge is -2.38. The molecule has 1 aliphatic heterocycles. The van der Waals surface area contributed by atoms with Crippen molar-refractivity contribution in [2.45, 2.75) is 25.2 Å². The topological polar surface area (TPSA) is 56.8 Å². The van der Waals surface area contributed by atoms with E-state index in [2.05, 4.69) is 5.32 Å². The van der Waals surface area contributed by atoms with Crippen LogP contribution in [0.2, 0.25) is 0 Å². The Morgan fingerprint density at radius 1 is 1.04 bits per heavy atom. The van der Waals surface area contributed by atoms with Crippen LogP contribution in [0.1, 0.15) is 31.1 Å². The molecule has 1 saturated heterocycles. The van der Waals surface area contributed by atoms with Crippen LogP contribution in [0.25, 0.3) is 0 Å². The Balaban J connectivity index is 2.26. The Morgan fingerprint density at radius 3 is 2.12 bits per heavy atom. The van der Waals surface area contributed by atoms with Crippen LogP contribution in [0.15, 0.2) is 60.7 Å². The van der Waals surface area contributed by atoms with E-state index in [1.807, 2.05) is 60.7 Å². The predicted molar refractivity (Wildman–Crippen MR) is 105 cm³/mol. The average Bonchev–Trinajstić information content (AvgIpc) is 3.03. The van der Waals surface area contributed by atoms with Crippen molar-refractivity contribution in [2.24, 2.45) is 0 Å². The second-order valence-corrected chi connectivity index (χ2v) is 8.37. The highest BCUT2D eigenvalue weighted by Gasteiger charge is 2.63. The van der Waals surface area contributed by atoms with Crippen molar-refractivity contribution < 1.29 is 18.3 Å². The van der Waals surface area contributed by atoms with Gasteiger partial charge in [0.15, 0.2) is 6.10 Å². The summed E-state index contributed by atoms with van der Waals surface area (Å²) in [6, 6.07) is 19.0. The normalized spacial score (nSPS) is 22.7. The van der Waals surface area contributed by atoms with Gasteiger partial charge in [0.2, 0.25) is 5.28 Å². The summed E-state index contributed by atoms with van der Waals surface area (Å²) in [5.74, 6) is 0. The van der Waals surface area contributed by atoms with Crippen LogP contribution in [0, 0.1) is 0 Å². The lowest BCUT2D eigenvalue weighted by molar-refractivity contribution is 0.136. The van der Waals surface area contributed by atoms with E-state index in [0.717, 1.165) is 11.1 Å². The first-order valence-corrected chi connectivity index (χ1v) is 10.5. The van der Waals surface area contributed by atoms with Gasteiger partial charge in [-0.05, 0) is 37.2 Å². The van der Waals surface area contributed by atoms with Crippen molar-refractivity contribution in [3.8, 4) is 0 Å². The standard InChI is InChI=1S/C19H22NO4PS/c1-3-22-25(21,23-4-2)19(16-13-9-6-10-14-16)17(24-18(26)20-19)15-11-7-5-8-12-15/h5-14,17H,3-4H2,1-2H3,(H,20,26)/t17-,19-/m1/s1. The van der Waals surface area contributed by atoms with Crippen LogP contribution in [0.4, 0.5) is 0 Å². The molecule has 3 rings (SSSR count). The first kappa shape index (κ1) is 19.1. The molecule has 1 N–H and O–H groups in total. The van der Waals surface area contributed by atoms with Crippen molar-refractivity contribution in [1.82, 2.24) is 5.32 Å². The summed E-state index contributed by atoms with van der Waals surface area (Å²) >= 11 is 5.32. The monoisotopic (exact) mass is 391 g/mol. The van der Waals surface area contributed by atoms with Crippen molar-refractivity contribution in [1.29, 1.82) is 0 Å². The smallest absolute Gasteiger partial charge is 0.364 e. The fourth-order valence-corrected chi connectivity index (χ4v) is 5.93. The highest BCUT2D eigenvalue weighted by atomic mass is 32.1. The highest BCUT2D eigenvalue weighted by Crippen LogP contribution is 2.70. The Labute approximate surface area is 159 Å². The van der Waals surface area contributed by atoms with E-state index in [-0.39, 0.29) is 18.4 Å². The van der Waals surface area contributed by atoms with Gasteiger partial charge in [-0.3, -0.25) is 4.57 Å². The van der Waals surface area contributed by atoms with Crippen molar-refractivity contribution in [3.63, 3.8) is 0 Å². The molecule has 7 heteroatoms. The molecule has 0 unspecified atom stereocenters. The predicted octanol–water partition coefficient (Wildman–Crippen LogP) is 4.75. The summed E-state index contributed by atoms with van der Waals surface area (Å²) in [5.41, 5.74) is 1.57. The second-order valence-electron chi connectivity index (χ2n) is 5.79. The number of hydrogen-bond donors (Lipinski definition) is 1. The second kappa shape index (κ2) is 7.89. The summed E-state index contributed by atoms with van der Waals surface area (Å²) in [6.07, 6.45) is -0.650. The maximum Gasteiger partial charge on any atom is 0.364 e. The van der Waals surface area contributed by atoms with Gasteiger partial charge in [-0.25, -0.2) is 0 Å². The number of hydrogen-bond acceptors (Lipinski definition) is 5. The third kappa shape index (κ3) is 3.19. The lowest BCUT2D eigenvalue weighted by atomic mass is 9.95. The van der Waals surface area contributed by atoms with Gasteiger partial charge in [-0.2, -0.15) is 0 Å². The first-order chi connectivity index (χ1) is 12.6. The third-order valence-corrected chi connectivity index (χ3v) is 7.11. The molecule has 0 aliphatic carbocycles. The molecular formula is C19H22NO4PS. The number of benzene rings is 2. The maximum atomic E-state index is 14.0. The number of ether oxygens (including phenoxy) is 1. The van der Waals surface area contributed by atoms with Crippen LogP contribution in [-0.2, 0) is 23.6 Å². The molecule has 138 valence electrons. The first-order valence-electron chi connectivity index (χ1n) is 8.56. The molecule has 26 heavy (non-hydrogen) atoms. The molecule has 5 nitrogen and oxygen atoms in total. The summed E-state index contributed by atoms with van der Waals surface area (Å²) in [6.45, 7) is 4.05. The number of thiocarbonyl (C=S) groups is 1. The lowest BCUT2D eigenvalue weighted by Crippen LogP contribution is -2.43. The van der Waals surface area contributed by atoms with Crippen LogP contribution in [0.3, 0.4) is 0 Å². The quantitative estimate of drug-likeness (QED) is 0.543. The molecule has 0 aromatic heterocycles. The van der Waals surface area contributed by atoms with Crippen LogP contribution in [0.5, 0.6) is 0 Å². The van der Waals surface area contributed by atoms with Gasteiger partial charge >= 0.3 is 7.60 Å². The van der Waals surface area contributed by atoms with Gasteiger partial charge in [-0.1, -0.05) is 60.7 Å². The molecule has 0 amide bonds. The van der Waals surface area contributed by atoms with E-state index in [0.29, 0.717) is 0 Å². The van der Waals surface area contributed by atoms with Crippen molar-refractivity contribution in [3.05, 3.63) is 71.8 Å². The number of nitrogens with one attached hydrogen (secondary N) is 1. The summed E-state index contributed by atoms with van der Waals surface area (Å²) in [4.78, 5) is 0. The zero-order valence-electron chi connectivity index (χ0n) is 14.8. The molecular weight excluding hydrogens is 369 g/mol. The van der Waals surface area contributed by atoms with E-state index >= 15 is 0 Å². The summed E-state index contributed by atoms with van der Waals surface area (Å²) in [5, 5.41) is 2.04. The third-order valence-electron chi connectivity index (χ3n) is 4.24. The molecule has 1 heterocycles. The maximum absolute atomic E-state index is 14.0. The zero-order chi connectivity index (χ0) is 18.6. The SMILES string of the molecule is CCOP(=O)(OCC)[C@@]1(c2ccccc2)NC(=S)O[C@@H]1c1ccccc1. The molecule has 2 atom stereocenters. The van der Waals surface area contributed by atoms with E-state index < -0.39 is 19.0 Å². The minimum absolute atomic E-state index is 0.169. The average molecular weight is 391 g/mol. The molecule has 1 fully saturated rings. The van der Waals surface area contributed by atoms with Gasteiger partial charge in [-0.15, -0.1) is 0 Å².